The molecule has 3 heterocycles. The van der Waals surface area contributed by atoms with E-state index in [1.54, 1.807) is 0 Å². The summed E-state index contributed by atoms with van der Waals surface area (Å²) in [5.41, 5.74) is 0.788. The Labute approximate surface area is 143 Å². The number of amides is 1. The lowest BCUT2D eigenvalue weighted by Gasteiger charge is -2.09. The molecule has 1 saturated heterocycles. The number of hydrogen-bond acceptors (Lipinski definition) is 6. The highest BCUT2D eigenvalue weighted by Gasteiger charge is 2.32. The van der Waals surface area contributed by atoms with Crippen LogP contribution in [0.15, 0.2) is 4.79 Å². The van der Waals surface area contributed by atoms with Gasteiger partial charge in [-0.25, -0.2) is 13.4 Å². The van der Waals surface area contributed by atoms with Gasteiger partial charge < -0.3 is 10.3 Å². The molecule has 1 amide bonds. The minimum atomic E-state index is -3.07. The van der Waals surface area contributed by atoms with Crippen LogP contribution < -0.4 is 10.9 Å². The van der Waals surface area contributed by atoms with Crippen LogP contribution in [0, 0.1) is 19.8 Å². The molecular weight excluding hydrogens is 350 g/mol. The molecule has 2 aromatic rings. The number of aromatic amines is 1. The Hall–Kier alpha value is -1.74. The number of carbonyl (C=O) groups is 1. The van der Waals surface area contributed by atoms with Crippen LogP contribution >= 0.6 is 11.3 Å². The average molecular weight is 369 g/mol. The molecule has 24 heavy (non-hydrogen) atoms. The van der Waals surface area contributed by atoms with E-state index < -0.39 is 15.8 Å². The molecule has 130 valence electrons. The maximum Gasteiger partial charge on any atom is 0.259 e. The molecule has 0 spiro atoms. The van der Waals surface area contributed by atoms with Crippen molar-refractivity contribution in [1.29, 1.82) is 0 Å². The van der Waals surface area contributed by atoms with Crippen molar-refractivity contribution in [3.8, 4) is 0 Å². The molecule has 1 aliphatic heterocycles. The molecule has 0 unspecified atom stereocenters. The van der Waals surface area contributed by atoms with Crippen molar-refractivity contribution in [3.05, 3.63) is 26.6 Å². The van der Waals surface area contributed by atoms with Gasteiger partial charge in [-0.15, -0.1) is 11.3 Å². The molecule has 1 fully saturated rings. The van der Waals surface area contributed by atoms with Gasteiger partial charge in [0.1, 0.15) is 10.7 Å². The maximum atomic E-state index is 12.2. The molecule has 3 rings (SSSR count). The van der Waals surface area contributed by atoms with Gasteiger partial charge in [0.05, 0.1) is 22.8 Å². The quantitative estimate of drug-likeness (QED) is 0.824. The largest absolute Gasteiger partial charge is 0.355 e. The number of H-pyrrole nitrogens is 1. The van der Waals surface area contributed by atoms with Crippen molar-refractivity contribution >= 4 is 37.3 Å². The van der Waals surface area contributed by atoms with E-state index >= 15 is 0 Å². The van der Waals surface area contributed by atoms with Gasteiger partial charge in [-0.05, 0) is 25.8 Å². The molecule has 0 aliphatic carbocycles. The number of aryl methyl sites for hydroxylation is 2. The molecule has 0 radical (unpaired) electrons. The summed E-state index contributed by atoms with van der Waals surface area (Å²) >= 11 is 1.48. The number of nitrogens with zero attached hydrogens (tertiary/aromatic N) is 1. The van der Waals surface area contributed by atoms with Crippen LogP contribution in [-0.4, -0.2) is 42.3 Å². The van der Waals surface area contributed by atoms with E-state index in [1.165, 1.54) is 11.3 Å². The molecule has 0 saturated carbocycles. The number of fused-ring (bicyclic) bond motifs is 1. The van der Waals surface area contributed by atoms with Crippen LogP contribution in [0.3, 0.4) is 0 Å². The van der Waals surface area contributed by atoms with Crippen molar-refractivity contribution in [2.75, 3.05) is 18.1 Å². The van der Waals surface area contributed by atoms with Crippen LogP contribution in [0.25, 0.3) is 10.2 Å². The molecule has 7 nitrogen and oxygen atoms in total. The lowest BCUT2D eigenvalue weighted by molar-refractivity contribution is -0.124. The van der Waals surface area contributed by atoms with E-state index in [-0.39, 0.29) is 23.0 Å². The van der Waals surface area contributed by atoms with E-state index in [9.17, 15) is 18.0 Å². The van der Waals surface area contributed by atoms with Gasteiger partial charge in [0.25, 0.3) is 5.56 Å². The summed E-state index contributed by atoms with van der Waals surface area (Å²) in [7, 11) is -3.07. The zero-order chi connectivity index (χ0) is 17.5. The average Bonchev–Trinajstić information content (AvgIpc) is 2.99. The van der Waals surface area contributed by atoms with Crippen molar-refractivity contribution < 1.29 is 13.2 Å². The predicted octanol–water partition coefficient (Wildman–Crippen LogP) is 0.695. The highest BCUT2D eigenvalue weighted by Crippen LogP contribution is 2.25. The Kier molecular flexibility index (Phi) is 4.48. The fourth-order valence-corrected chi connectivity index (χ4v) is 5.66. The first-order chi connectivity index (χ1) is 11.3. The number of sulfone groups is 1. The predicted molar refractivity (Wildman–Crippen MR) is 93.2 cm³/mol. The smallest absolute Gasteiger partial charge is 0.259 e. The second-order valence-electron chi connectivity index (χ2n) is 6.12. The summed E-state index contributed by atoms with van der Waals surface area (Å²) in [4.78, 5) is 33.1. The lowest BCUT2D eigenvalue weighted by Crippen LogP contribution is -2.33. The second-order valence-corrected chi connectivity index (χ2v) is 9.55. The normalized spacial score (nSPS) is 19.7. The van der Waals surface area contributed by atoms with Crippen LogP contribution in [0.5, 0.6) is 0 Å². The summed E-state index contributed by atoms with van der Waals surface area (Å²) in [6.45, 7) is 4.17. The van der Waals surface area contributed by atoms with Gasteiger partial charge in [-0.3, -0.25) is 9.59 Å². The molecular formula is C15H19N3O4S2. The SMILES string of the molecule is Cc1sc2nc(CCNC(=O)[C@H]3CCS(=O)(=O)C3)[nH]c(=O)c2c1C. The minimum absolute atomic E-state index is 0.0758. The first-order valence-corrected chi connectivity index (χ1v) is 10.4. The second kappa shape index (κ2) is 6.29. The van der Waals surface area contributed by atoms with Gasteiger partial charge in [-0.1, -0.05) is 0 Å². The number of hydrogen-bond donors (Lipinski definition) is 2. The van der Waals surface area contributed by atoms with Crippen LogP contribution in [-0.2, 0) is 21.1 Å². The Morgan fingerprint density at radius 1 is 1.42 bits per heavy atom. The third kappa shape index (κ3) is 3.36. The fourth-order valence-electron chi connectivity index (χ4n) is 2.87. The molecule has 2 aromatic heterocycles. The third-order valence-electron chi connectivity index (χ3n) is 4.35. The molecule has 2 N–H and O–H groups in total. The van der Waals surface area contributed by atoms with Crippen molar-refractivity contribution in [1.82, 2.24) is 15.3 Å². The van der Waals surface area contributed by atoms with Crippen LogP contribution in [0.2, 0.25) is 0 Å². The first kappa shape index (κ1) is 17.1. The highest BCUT2D eigenvalue weighted by atomic mass is 32.2. The monoisotopic (exact) mass is 369 g/mol. The molecule has 1 aliphatic rings. The van der Waals surface area contributed by atoms with Gasteiger partial charge in [-0.2, -0.15) is 0 Å². The summed E-state index contributed by atoms with van der Waals surface area (Å²) in [6, 6.07) is 0. The fraction of sp³-hybridized carbons (Fsp3) is 0.533. The van der Waals surface area contributed by atoms with E-state index in [0.29, 0.717) is 35.4 Å². The van der Waals surface area contributed by atoms with Gasteiger partial charge >= 0.3 is 0 Å². The van der Waals surface area contributed by atoms with E-state index in [1.807, 2.05) is 13.8 Å². The van der Waals surface area contributed by atoms with Crippen LogP contribution in [0.4, 0.5) is 0 Å². The summed E-state index contributed by atoms with van der Waals surface area (Å²) < 4.78 is 22.8. The van der Waals surface area contributed by atoms with E-state index in [4.69, 9.17) is 0 Å². The van der Waals surface area contributed by atoms with E-state index in [0.717, 1.165) is 10.4 Å². The summed E-state index contributed by atoms with van der Waals surface area (Å²) in [5.74, 6) is -0.191. The Bertz CT molecular complexity index is 959. The summed E-state index contributed by atoms with van der Waals surface area (Å²) in [5, 5.41) is 3.36. The highest BCUT2D eigenvalue weighted by molar-refractivity contribution is 7.91. The zero-order valence-electron chi connectivity index (χ0n) is 13.5. The van der Waals surface area contributed by atoms with Gasteiger partial charge in [0.2, 0.25) is 5.91 Å². The standard InChI is InChI=1S/C15H19N3O4S2/c1-8-9(2)23-15-12(8)14(20)17-11(18-15)3-5-16-13(19)10-4-6-24(21,22)7-10/h10H,3-7H2,1-2H3,(H,16,19)(H,17,18,20)/t10-/m0/s1. The van der Waals surface area contributed by atoms with Crippen molar-refractivity contribution in [3.63, 3.8) is 0 Å². The first-order valence-electron chi connectivity index (χ1n) is 7.74. The van der Waals surface area contributed by atoms with Crippen molar-refractivity contribution in [2.24, 2.45) is 5.92 Å². The third-order valence-corrected chi connectivity index (χ3v) is 7.22. The number of nitrogens with one attached hydrogen (secondary N) is 2. The Morgan fingerprint density at radius 3 is 2.83 bits per heavy atom. The number of rotatable bonds is 4. The minimum Gasteiger partial charge on any atom is -0.355 e. The molecule has 0 aromatic carbocycles. The maximum absolute atomic E-state index is 12.2. The molecule has 0 bridgehead atoms. The summed E-state index contributed by atoms with van der Waals surface area (Å²) in [6.07, 6.45) is 0.773. The number of thiophene rings is 1. The lowest BCUT2D eigenvalue weighted by atomic mass is 10.1. The molecule has 1 atom stereocenters. The topological polar surface area (TPSA) is 109 Å². The van der Waals surface area contributed by atoms with Gasteiger partial charge in [0, 0.05) is 17.8 Å². The van der Waals surface area contributed by atoms with Crippen LogP contribution in [0.1, 0.15) is 22.7 Å². The van der Waals surface area contributed by atoms with Gasteiger partial charge in [0.15, 0.2) is 9.84 Å². The number of aromatic nitrogens is 2. The zero-order valence-corrected chi connectivity index (χ0v) is 15.1. The Balaban J connectivity index is 1.64. The molecule has 9 heteroatoms. The van der Waals surface area contributed by atoms with E-state index in [2.05, 4.69) is 15.3 Å². The number of carbonyl (C=O) groups excluding carboxylic acids is 1. The van der Waals surface area contributed by atoms with Crippen molar-refractivity contribution in [2.45, 2.75) is 26.7 Å². The Morgan fingerprint density at radius 2 is 2.17 bits per heavy atom.